The van der Waals surface area contributed by atoms with Crippen LogP contribution in [0.3, 0.4) is 0 Å². The molecule has 0 N–H and O–H groups in total. The van der Waals surface area contributed by atoms with E-state index in [1.807, 2.05) is 0 Å². The molecule has 9 heteroatoms. The van der Waals surface area contributed by atoms with Crippen molar-refractivity contribution in [1.82, 2.24) is 0 Å². The number of rotatable bonds is 6. The van der Waals surface area contributed by atoms with E-state index < -0.39 is 17.8 Å². The van der Waals surface area contributed by atoms with Crippen molar-refractivity contribution in [2.45, 2.75) is 6.61 Å². The summed E-state index contributed by atoms with van der Waals surface area (Å²) in [5.74, 6) is -1.16. The molecule has 1 heterocycles. The van der Waals surface area contributed by atoms with Crippen molar-refractivity contribution in [3.63, 3.8) is 0 Å². The second-order valence-corrected chi connectivity index (χ2v) is 9.76. The molecule has 0 bridgehead atoms. The Bertz CT molecular complexity index is 1540. The van der Waals surface area contributed by atoms with Crippen LogP contribution in [0.25, 0.3) is 6.08 Å². The van der Waals surface area contributed by atoms with E-state index in [-0.39, 0.29) is 12.2 Å². The smallest absolute Gasteiger partial charge is 0.343 e. The molecule has 0 atom stereocenters. The van der Waals surface area contributed by atoms with Crippen LogP contribution in [0.4, 0.5) is 16.2 Å². The number of amides is 4. The first kappa shape index (κ1) is 26.5. The Morgan fingerprint density at radius 2 is 1.26 bits per heavy atom. The number of carbonyl (C=O) groups excluding carboxylic acids is 3. The van der Waals surface area contributed by atoms with E-state index in [1.54, 1.807) is 97.1 Å². The number of anilines is 2. The van der Waals surface area contributed by atoms with Crippen molar-refractivity contribution >= 4 is 70.1 Å². The highest BCUT2D eigenvalue weighted by Crippen LogP contribution is 2.32. The van der Waals surface area contributed by atoms with Crippen molar-refractivity contribution in [3.8, 4) is 5.75 Å². The van der Waals surface area contributed by atoms with Crippen LogP contribution in [0.2, 0.25) is 15.1 Å². The second-order valence-electron chi connectivity index (χ2n) is 8.51. The van der Waals surface area contributed by atoms with Gasteiger partial charge in [-0.2, -0.15) is 0 Å². The first-order valence-electron chi connectivity index (χ1n) is 11.7. The van der Waals surface area contributed by atoms with Gasteiger partial charge in [0.15, 0.2) is 0 Å². The summed E-state index contributed by atoms with van der Waals surface area (Å²) in [4.78, 5) is 42.8. The van der Waals surface area contributed by atoms with E-state index in [0.29, 0.717) is 37.8 Å². The topological polar surface area (TPSA) is 66.9 Å². The van der Waals surface area contributed by atoms with Gasteiger partial charge in [0.1, 0.15) is 17.9 Å². The molecule has 6 nitrogen and oxygen atoms in total. The zero-order valence-corrected chi connectivity index (χ0v) is 22.5. The van der Waals surface area contributed by atoms with Gasteiger partial charge in [-0.1, -0.05) is 77.3 Å². The van der Waals surface area contributed by atoms with Crippen LogP contribution in [0, 0.1) is 0 Å². The molecule has 1 aliphatic heterocycles. The van der Waals surface area contributed by atoms with Gasteiger partial charge in [-0.3, -0.25) is 9.59 Å². The normalized spacial score (nSPS) is 13.6. The molecule has 194 valence electrons. The molecular weight excluding hydrogens is 559 g/mol. The quantitative estimate of drug-likeness (QED) is 0.173. The van der Waals surface area contributed by atoms with Gasteiger partial charge < -0.3 is 4.74 Å². The molecule has 1 saturated heterocycles. The summed E-state index contributed by atoms with van der Waals surface area (Å²) in [5, 5.41) is 1.18. The lowest BCUT2D eigenvalue weighted by atomic mass is 10.0. The number of carbonyl (C=O) groups is 3. The summed E-state index contributed by atoms with van der Waals surface area (Å²) in [6.45, 7) is 0.140. The van der Waals surface area contributed by atoms with Crippen LogP contribution in [0.5, 0.6) is 5.75 Å². The Morgan fingerprint density at radius 3 is 1.82 bits per heavy atom. The van der Waals surface area contributed by atoms with Crippen molar-refractivity contribution in [1.29, 1.82) is 0 Å². The summed E-state index contributed by atoms with van der Waals surface area (Å²) < 4.78 is 6.01. The van der Waals surface area contributed by atoms with E-state index in [9.17, 15) is 14.4 Å². The zero-order chi connectivity index (χ0) is 27.5. The van der Waals surface area contributed by atoms with Crippen molar-refractivity contribution in [2.24, 2.45) is 0 Å². The molecule has 4 amide bonds. The van der Waals surface area contributed by atoms with E-state index in [1.165, 1.54) is 6.08 Å². The standard InChI is InChI=1S/C30H19Cl3N2O4/c31-21-12-14-27(39-18-19-11-13-25(32)26(33)15-19)20(16-21)17-24-28(36)34(22-7-3-1-4-8-22)30(38)35(29(24)37)23-9-5-2-6-10-23/h1-17H,18H2. The first-order chi connectivity index (χ1) is 18.8. The van der Waals surface area contributed by atoms with Crippen LogP contribution < -0.4 is 14.5 Å². The molecular formula is C30H19Cl3N2O4. The summed E-state index contributed by atoms with van der Waals surface area (Å²) in [5.41, 5.74) is 1.57. The highest BCUT2D eigenvalue weighted by Gasteiger charge is 2.43. The van der Waals surface area contributed by atoms with Gasteiger partial charge in [0, 0.05) is 10.6 Å². The molecule has 5 rings (SSSR count). The van der Waals surface area contributed by atoms with Gasteiger partial charge >= 0.3 is 6.03 Å². The van der Waals surface area contributed by atoms with Crippen molar-refractivity contribution in [2.75, 3.05) is 9.80 Å². The minimum atomic E-state index is -0.776. The number of urea groups is 1. The Hall–Kier alpha value is -4.10. The average Bonchev–Trinajstić information content (AvgIpc) is 2.93. The average molecular weight is 578 g/mol. The summed E-state index contributed by atoms with van der Waals surface area (Å²) in [6.07, 6.45) is 1.39. The Kier molecular flexibility index (Phi) is 7.70. The lowest BCUT2D eigenvalue weighted by Gasteiger charge is -2.34. The van der Waals surface area contributed by atoms with Crippen LogP contribution in [0.1, 0.15) is 11.1 Å². The predicted octanol–water partition coefficient (Wildman–Crippen LogP) is 7.81. The number of nitrogens with zero attached hydrogens (tertiary/aromatic N) is 2. The van der Waals surface area contributed by atoms with Crippen LogP contribution in [-0.4, -0.2) is 17.8 Å². The number of hydrogen-bond donors (Lipinski definition) is 0. The number of halogens is 3. The van der Waals surface area contributed by atoms with Gasteiger partial charge in [-0.15, -0.1) is 0 Å². The first-order valence-corrected chi connectivity index (χ1v) is 12.9. The molecule has 0 unspecified atom stereocenters. The number of hydrogen-bond acceptors (Lipinski definition) is 4. The fourth-order valence-corrected chi connectivity index (χ4v) is 4.55. The lowest BCUT2D eigenvalue weighted by molar-refractivity contribution is -0.121. The predicted molar refractivity (Wildman–Crippen MR) is 153 cm³/mol. The van der Waals surface area contributed by atoms with Gasteiger partial charge in [0.05, 0.1) is 21.4 Å². The Balaban J connectivity index is 1.57. The minimum absolute atomic E-state index is 0.140. The summed E-state index contributed by atoms with van der Waals surface area (Å²) in [7, 11) is 0. The monoisotopic (exact) mass is 576 g/mol. The van der Waals surface area contributed by atoms with E-state index >= 15 is 0 Å². The maximum atomic E-state index is 13.7. The fraction of sp³-hybridized carbons (Fsp3) is 0.0333. The molecule has 4 aromatic rings. The molecule has 0 aromatic heterocycles. The van der Waals surface area contributed by atoms with Gasteiger partial charge in [0.2, 0.25) is 0 Å². The molecule has 39 heavy (non-hydrogen) atoms. The minimum Gasteiger partial charge on any atom is -0.488 e. The fourth-order valence-electron chi connectivity index (χ4n) is 4.05. The maximum absolute atomic E-state index is 13.7. The second kappa shape index (κ2) is 11.3. The SMILES string of the molecule is O=C1C(=Cc2cc(Cl)ccc2OCc2ccc(Cl)c(Cl)c2)C(=O)N(c2ccccc2)C(=O)N1c1ccccc1. The Morgan fingerprint density at radius 1 is 0.667 bits per heavy atom. The third-order valence-electron chi connectivity index (χ3n) is 5.93. The summed E-state index contributed by atoms with van der Waals surface area (Å²) in [6, 6.07) is 26.0. The van der Waals surface area contributed by atoms with Gasteiger partial charge in [0.25, 0.3) is 11.8 Å². The number of imide groups is 2. The highest BCUT2D eigenvalue weighted by molar-refractivity contribution is 6.46. The highest BCUT2D eigenvalue weighted by atomic mass is 35.5. The number of barbiturate groups is 1. The zero-order valence-electron chi connectivity index (χ0n) is 20.2. The third kappa shape index (κ3) is 5.54. The van der Waals surface area contributed by atoms with Gasteiger partial charge in [-0.25, -0.2) is 14.6 Å². The maximum Gasteiger partial charge on any atom is 0.343 e. The Labute approximate surface area is 239 Å². The molecule has 0 aliphatic carbocycles. The van der Waals surface area contributed by atoms with Gasteiger partial charge in [-0.05, 0) is 66.2 Å². The largest absolute Gasteiger partial charge is 0.488 e. The van der Waals surface area contributed by atoms with E-state index in [4.69, 9.17) is 39.5 Å². The van der Waals surface area contributed by atoms with Crippen molar-refractivity contribution in [3.05, 3.63) is 129 Å². The molecule has 0 saturated carbocycles. The van der Waals surface area contributed by atoms with E-state index in [0.717, 1.165) is 15.4 Å². The number of ether oxygens (including phenoxy) is 1. The summed E-state index contributed by atoms with van der Waals surface area (Å²) >= 11 is 18.4. The molecule has 1 fully saturated rings. The molecule has 0 radical (unpaired) electrons. The molecule has 0 spiro atoms. The van der Waals surface area contributed by atoms with Crippen LogP contribution >= 0.6 is 34.8 Å². The van der Waals surface area contributed by atoms with E-state index in [2.05, 4.69) is 0 Å². The lowest BCUT2D eigenvalue weighted by Crippen LogP contribution is -2.57. The number of benzene rings is 4. The number of para-hydroxylation sites is 2. The van der Waals surface area contributed by atoms with Crippen molar-refractivity contribution < 1.29 is 19.1 Å². The van der Waals surface area contributed by atoms with Crippen LogP contribution in [-0.2, 0) is 16.2 Å². The third-order valence-corrected chi connectivity index (χ3v) is 6.90. The van der Waals surface area contributed by atoms with Crippen LogP contribution in [0.15, 0.2) is 103 Å². The molecule has 1 aliphatic rings. The molecule has 4 aromatic carbocycles.